The van der Waals surface area contributed by atoms with Crippen molar-refractivity contribution in [3.63, 3.8) is 0 Å². The molecule has 3 rings (SSSR count). The van der Waals surface area contributed by atoms with Crippen molar-refractivity contribution in [3.05, 3.63) is 59.1 Å². The van der Waals surface area contributed by atoms with E-state index in [9.17, 15) is 18.7 Å². The van der Waals surface area contributed by atoms with Crippen LogP contribution in [-0.4, -0.2) is 72.8 Å². The molecule has 0 saturated carbocycles. The first-order valence-corrected chi connectivity index (χ1v) is 10.0. The molecule has 0 bridgehead atoms. The summed E-state index contributed by atoms with van der Waals surface area (Å²) >= 11 is 6.03. The first kappa shape index (κ1) is 22.4. The van der Waals surface area contributed by atoms with Gasteiger partial charge in [0, 0.05) is 44.5 Å². The number of aliphatic hydroxyl groups is 1. The van der Waals surface area contributed by atoms with E-state index in [2.05, 4.69) is 10.2 Å². The average Bonchev–Trinajstić information content (AvgIpc) is 2.68. The highest BCUT2D eigenvalue weighted by Crippen LogP contribution is 2.23. The molecule has 0 aliphatic carbocycles. The minimum atomic E-state index is -0.740. The van der Waals surface area contributed by atoms with Gasteiger partial charge < -0.3 is 15.2 Å². The standard InChI is InChI=1S/C21H24ClF2N3O3/c22-19-3-1-2-4-20(19)30-14-18(28)12-26-5-7-27(8-6-26)13-21(29)25-17-10-15(23)9-16(24)11-17/h1-4,9-11,18,28H,5-8,12-14H2,(H,25,29). The number of piperazine rings is 1. The Labute approximate surface area is 179 Å². The van der Waals surface area contributed by atoms with Crippen LogP contribution in [0.3, 0.4) is 0 Å². The molecule has 2 aromatic rings. The van der Waals surface area contributed by atoms with Crippen LogP contribution in [0.1, 0.15) is 0 Å². The van der Waals surface area contributed by atoms with Gasteiger partial charge in [0.1, 0.15) is 30.1 Å². The van der Waals surface area contributed by atoms with Crippen molar-refractivity contribution in [2.75, 3.05) is 51.2 Å². The Morgan fingerprint density at radius 3 is 2.40 bits per heavy atom. The highest BCUT2D eigenvalue weighted by atomic mass is 35.5. The van der Waals surface area contributed by atoms with Crippen molar-refractivity contribution in [2.45, 2.75) is 6.10 Å². The number of benzene rings is 2. The topological polar surface area (TPSA) is 65.0 Å². The molecule has 2 N–H and O–H groups in total. The van der Waals surface area contributed by atoms with E-state index in [-0.39, 0.29) is 24.7 Å². The fourth-order valence-electron chi connectivity index (χ4n) is 3.26. The van der Waals surface area contributed by atoms with Crippen LogP contribution in [0.4, 0.5) is 14.5 Å². The lowest BCUT2D eigenvalue weighted by Crippen LogP contribution is -2.50. The number of rotatable bonds is 8. The molecule has 9 heteroatoms. The summed E-state index contributed by atoms with van der Waals surface area (Å²) in [4.78, 5) is 16.2. The first-order chi connectivity index (χ1) is 14.4. The molecule has 162 valence electrons. The van der Waals surface area contributed by atoms with Gasteiger partial charge in [-0.15, -0.1) is 0 Å². The van der Waals surface area contributed by atoms with E-state index in [4.69, 9.17) is 16.3 Å². The highest BCUT2D eigenvalue weighted by Gasteiger charge is 2.21. The maximum absolute atomic E-state index is 13.2. The molecule has 1 aliphatic heterocycles. The number of aliphatic hydroxyl groups excluding tert-OH is 1. The van der Waals surface area contributed by atoms with Crippen molar-refractivity contribution in [3.8, 4) is 5.75 Å². The molecule has 0 radical (unpaired) electrons. The van der Waals surface area contributed by atoms with Gasteiger partial charge in [0.05, 0.1) is 11.6 Å². The van der Waals surface area contributed by atoms with E-state index < -0.39 is 17.7 Å². The molecule has 1 unspecified atom stereocenters. The van der Waals surface area contributed by atoms with Crippen molar-refractivity contribution in [1.82, 2.24) is 9.80 Å². The predicted molar refractivity (Wildman–Crippen MR) is 111 cm³/mol. The molecule has 2 aromatic carbocycles. The monoisotopic (exact) mass is 439 g/mol. The fourth-order valence-corrected chi connectivity index (χ4v) is 3.45. The van der Waals surface area contributed by atoms with Crippen LogP contribution in [0, 0.1) is 11.6 Å². The zero-order valence-electron chi connectivity index (χ0n) is 16.4. The third-order valence-corrected chi connectivity index (χ3v) is 5.03. The van der Waals surface area contributed by atoms with E-state index in [1.165, 1.54) is 0 Å². The number of nitrogens with zero attached hydrogens (tertiary/aromatic N) is 2. The lowest BCUT2D eigenvalue weighted by molar-refractivity contribution is -0.117. The van der Waals surface area contributed by atoms with Gasteiger partial charge in [-0.1, -0.05) is 23.7 Å². The zero-order valence-corrected chi connectivity index (χ0v) is 17.1. The molecular formula is C21H24ClF2N3O3. The van der Waals surface area contributed by atoms with Crippen LogP contribution in [0.25, 0.3) is 0 Å². The van der Waals surface area contributed by atoms with Gasteiger partial charge in [-0.2, -0.15) is 0 Å². The summed E-state index contributed by atoms with van der Waals surface area (Å²) in [5, 5.41) is 13.2. The highest BCUT2D eigenvalue weighted by molar-refractivity contribution is 6.32. The predicted octanol–water partition coefficient (Wildman–Crippen LogP) is 2.61. The smallest absolute Gasteiger partial charge is 0.238 e. The Kier molecular flexibility index (Phi) is 7.98. The molecule has 0 aromatic heterocycles. The largest absolute Gasteiger partial charge is 0.489 e. The molecule has 1 heterocycles. The quantitative estimate of drug-likeness (QED) is 0.662. The number of halogens is 3. The third-order valence-electron chi connectivity index (χ3n) is 4.72. The van der Waals surface area contributed by atoms with Gasteiger partial charge in [-0.05, 0) is 24.3 Å². The normalized spacial score (nSPS) is 16.3. The van der Waals surface area contributed by atoms with Crippen molar-refractivity contribution in [1.29, 1.82) is 0 Å². The van der Waals surface area contributed by atoms with Gasteiger partial charge in [-0.3, -0.25) is 14.6 Å². The van der Waals surface area contributed by atoms with Gasteiger partial charge >= 0.3 is 0 Å². The minimum Gasteiger partial charge on any atom is -0.489 e. The minimum absolute atomic E-state index is 0.0952. The number of carbonyl (C=O) groups excluding carboxylic acids is 1. The van der Waals surface area contributed by atoms with E-state index in [1.54, 1.807) is 12.1 Å². The number of para-hydroxylation sites is 1. The van der Waals surface area contributed by atoms with Crippen LogP contribution < -0.4 is 10.1 Å². The van der Waals surface area contributed by atoms with E-state index in [0.717, 1.165) is 18.2 Å². The summed E-state index contributed by atoms with van der Waals surface area (Å²) in [6.45, 7) is 3.37. The SMILES string of the molecule is O=C(CN1CCN(CC(O)COc2ccccc2Cl)CC1)Nc1cc(F)cc(F)c1. The number of ether oxygens (including phenoxy) is 1. The fraction of sp³-hybridized carbons (Fsp3) is 0.381. The maximum Gasteiger partial charge on any atom is 0.238 e. The molecular weight excluding hydrogens is 416 g/mol. The van der Waals surface area contributed by atoms with Crippen molar-refractivity contribution >= 4 is 23.2 Å². The van der Waals surface area contributed by atoms with E-state index >= 15 is 0 Å². The van der Waals surface area contributed by atoms with Gasteiger partial charge in [0.25, 0.3) is 0 Å². The number of anilines is 1. The number of hydrogen-bond acceptors (Lipinski definition) is 5. The molecule has 1 fully saturated rings. The summed E-state index contributed by atoms with van der Waals surface area (Å²) in [6.07, 6.45) is -0.668. The Hall–Kier alpha value is -2.26. The van der Waals surface area contributed by atoms with Crippen molar-refractivity contribution < 1.29 is 23.4 Å². The van der Waals surface area contributed by atoms with E-state index in [0.29, 0.717) is 43.5 Å². The summed E-state index contributed by atoms with van der Waals surface area (Å²) in [5.41, 5.74) is 0.0952. The van der Waals surface area contributed by atoms with Crippen LogP contribution in [-0.2, 0) is 4.79 Å². The lowest BCUT2D eigenvalue weighted by atomic mass is 10.2. The van der Waals surface area contributed by atoms with Crippen LogP contribution >= 0.6 is 11.6 Å². The molecule has 6 nitrogen and oxygen atoms in total. The summed E-state index contributed by atoms with van der Waals surface area (Å²) in [6, 6.07) is 9.99. The van der Waals surface area contributed by atoms with Crippen molar-refractivity contribution in [2.24, 2.45) is 0 Å². The maximum atomic E-state index is 13.2. The average molecular weight is 440 g/mol. The Morgan fingerprint density at radius 2 is 1.73 bits per heavy atom. The second-order valence-electron chi connectivity index (χ2n) is 7.18. The Morgan fingerprint density at radius 1 is 1.10 bits per heavy atom. The van der Waals surface area contributed by atoms with E-state index in [1.807, 2.05) is 17.0 Å². The van der Waals surface area contributed by atoms with Crippen LogP contribution in [0.2, 0.25) is 5.02 Å². The zero-order chi connectivity index (χ0) is 21.5. The molecule has 1 atom stereocenters. The molecule has 30 heavy (non-hydrogen) atoms. The molecule has 1 aliphatic rings. The molecule has 0 spiro atoms. The number of hydrogen-bond donors (Lipinski definition) is 2. The number of nitrogens with one attached hydrogen (secondary N) is 1. The lowest BCUT2D eigenvalue weighted by Gasteiger charge is -2.35. The van der Waals surface area contributed by atoms with Crippen LogP contribution in [0.15, 0.2) is 42.5 Å². The third kappa shape index (κ3) is 6.91. The second kappa shape index (κ2) is 10.7. The second-order valence-corrected chi connectivity index (χ2v) is 7.59. The summed E-state index contributed by atoms with van der Waals surface area (Å²) < 4.78 is 32.0. The summed E-state index contributed by atoms with van der Waals surface area (Å²) in [7, 11) is 0. The van der Waals surface area contributed by atoms with Gasteiger partial charge in [-0.25, -0.2) is 8.78 Å². The van der Waals surface area contributed by atoms with Gasteiger partial charge in [0.2, 0.25) is 5.91 Å². The number of amides is 1. The number of carbonyl (C=O) groups is 1. The van der Waals surface area contributed by atoms with Crippen LogP contribution in [0.5, 0.6) is 5.75 Å². The number of β-amino-alcohol motifs (C(OH)–C–C–N with tert-alkyl or cyclic N) is 1. The van der Waals surface area contributed by atoms with Gasteiger partial charge in [0.15, 0.2) is 0 Å². The Balaban J connectivity index is 1.37. The molecule has 1 amide bonds. The Bertz CT molecular complexity index is 843. The molecule has 1 saturated heterocycles. The first-order valence-electron chi connectivity index (χ1n) is 9.65. The summed E-state index contributed by atoms with van der Waals surface area (Å²) in [5.74, 6) is -1.28.